The second kappa shape index (κ2) is 6.38. The van der Waals surface area contributed by atoms with Gasteiger partial charge in [0, 0.05) is 6.04 Å². The van der Waals surface area contributed by atoms with Crippen LogP contribution < -0.4 is 5.32 Å². The van der Waals surface area contributed by atoms with Crippen molar-refractivity contribution in [3.63, 3.8) is 0 Å². The molecule has 7 heteroatoms. The number of hydrogen-bond donors (Lipinski definition) is 2. The number of rotatable bonds is 6. The van der Waals surface area contributed by atoms with E-state index in [0.29, 0.717) is 22.7 Å². The number of nitrogens with one attached hydrogen (secondary N) is 1. The Kier molecular flexibility index (Phi) is 5.11. The summed E-state index contributed by atoms with van der Waals surface area (Å²) in [5, 5.41) is 23.0. The van der Waals surface area contributed by atoms with E-state index in [2.05, 4.69) is 5.32 Å². The predicted octanol–water partition coefficient (Wildman–Crippen LogP) is 3.09. The highest BCUT2D eigenvalue weighted by Crippen LogP contribution is 2.34. The highest BCUT2D eigenvalue weighted by atomic mass is 35.5. The Morgan fingerprint density at radius 3 is 2.68 bits per heavy atom. The van der Waals surface area contributed by atoms with Crippen LogP contribution in [0.2, 0.25) is 5.02 Å². The van der Waals surface area contributed by atoms with Crippen LogP contribution in [0.1, 0.15) is 25.8 Å². The summed E-state index contributed by atoms with van der Waals surface area (Å²) in [6, 6.07) is 2.66. The Bertz CT molecular complexity index is 505. The van der Waals surface area contributed by atoms with Crippen molar-refractivity contribution < 1.29 is 14.8 Å². The lowest BCUT2D eigenvalue weighted by atomic mass is 10.1. The monoisotopic (exact) mass is 286 g/mol. The summed E-state index contributed by atoms with van der Waals surface area (Å²) in [4.78, 5) is 21.2. The van der Waals surface area contributed by atoms with Crippen LogP contribution in [-0.2, 0) is 11.2 Å². The third kappa shape index (κ3) is 3.82. The quantitative estimate of drug-likeness (QED) is 0.619. The molecule has 1 rings (SSSR count). The van der Waals surface area contributed by atoms with Gasteiger partial charge in [-0.25, -0.2) is 0 Å². The lowest BCUT2D eigenvalue weighted by Gasteiger charge is -2.15. The number of nitrogens with zero attached hydrogens (tertiary/aromatic N) is 1. The molecule has 0 aliphatic carbocycles. The van der Waals surface area contributed by atoms with Crippen molar-refractivity contribution in [2.75, 3.05) is 5.32 Å². The predicted molar refractivity (Wildman–Crippen MR) is 72.8 cm³/mol. The smallest absolute Gasteiger partial charge is 0.305 e. The van der Waals surface area contributed by atoms with E-state index in [1.54, 1.807) is 19.9 Å². The minimum Gasteiger partial charge on any atom is -0.481 e. The summed E-state index contributed by atoms with van der Waals surface area (Å²) in [6.45, 7) is 3.43. The first kappa shape index (κ1) is 15.2. The first-order valence-electron chi connectivity index (χ1n) is 5.80. The fourth-order valence-electron chi connectivity index (χ4n) is 1.85. The molecule has 0 saturated heterocycles. The summed E-state index contributed by atoms with van der Waals surface area (Å²) < 4.78 is 0. The number of nitro groups is 1. The van der Waals surface area contributed by atoms with Gasteiger partial charge in [0.05, 0.1) is 21.9 Å². The Morgan fingerprint density at radius 1 is 1.58 bits per heavy atom. The molecular formula is C12H15ClN2O4. The maximum atomic E-state index is 11.1. The zero-order chi connectivity index (χ0) is 14.6. The second-order valence-corrected chi connectivity index (χ2v) is 4.58. The van der Waals surface area contributed by atoms with Gasteiger partial charge in [0.2, 0.25) is 0 Å². The average Bonchev–Trinajstić information content (AvgIpc) is 2.29. The molecule has 1 aromatic carbocycles. The van der Waals surface area contributed by atoms with Gasteiger partial charge in [0.1, 0.15) is 5.69 Å². The van der Waals surface area contributed by atoms with Crippen LogP contribution in [0, 0.1) is 10.1 Å². The molecule has 0 aliphatic rings. The lowest BCUT2D eigenvalue weighted by molar-refractivity contribution is -0.384. The molecule has 0 aromatic heterocycles. The van der Waals surface area contributed by atoms with Crippen LogP contribution in [0.5, 0.6) is 0 Å². The highest BCUT2D eigenvalue weighted by Gasteiger charge is 2.22. The van der Waals surface area contributed by atoms with Crippen molar-refractivity contribution in [3.8, 4) is 0 Å². The van der Waals surface area contributed by atoms with E-state index in [9.17, 15) is 14.9 Å². The van der Waals surface area contributed by atoms with Gasteiger partial charge in [0.15, 0.2) is 0 Å². The maximum absolute atomic E-state index is 11.1. The van der Waals surface area contributed by atoms with Gasteiger partial charge in [-0.15, -0.1) is 0 Å². The number of halogens is 1. The number of hydrogen-bond acceptors (Lipinski definition) is 4. The molecule has 2 N–H and O–H groups in total. The van der Waals surface area contributed by atoms with Crippen LogP contribution >= 0.6 is 11.6 Å². The van der Waals surface area contributed by atoms with E-state index < -0.39 is 16.9 Å². The van der Waals surface area contributed by atoms with Crippen molar-refractivity contribution in [3.05, 3.63) is 32.8 Å². The minimum atomic E-state index is -0.965. The molecule has 6 nitrogen and oxygen atoms in total. The van der Waals surface area contributed by atoms with Crippen molar-refractivity contribution >= 4 is 28.9 Å². The third-order valence-corrected chi connectivity index (χ3v) is 3.00. The van der Waals surface area contributed by atoms with E-state index >= 15 is 0 Å². The number of nitro benzene ring substituents is 1. The van der Waals surface area contributed by atoms with Crippen LogP contribution in [-0.4, -0.2) is 22.0 Å². The Balaban J connectivity index is 3.13. The maximum Gasteiger partial charge on any atom is 0.305 e. The summed E-state index contributed by atoms with van der Waals surface area (Å²) in [6.07, 6.45) is 0.305. The van der Waals surface area contributed by atoms with Crippen LogP contribution in [0.15, 0.2) is 12.1 Å². The molecule has 0 saturated carbocycles. The Labute approximate surface area is 115 Å². The summed E-state index contributed by atoms with van der Waals surface area (Å²) in [5.74, 6) is -0.965. The van der Waals surface area contributed by atoms with Gasteiger partial charge >= 0.3 is 5.97 Å². The number of anilines is 1. The van der Waals surface area contributed by atoms with Crippen molar-refractivity contribution in [2.45, 2.75) is 32.7 Å². The van der Waals surface area contributed by atoms with Crippen molar-refractivity contribution in [1.29, 1.82) is 0 Å². The number of carbonyl (C=O) groups is 1. The van der Waals surface area contributed by atoms with E-state index in [4.69, 9.17) is 16.7 Å². The van der Waals surface area contributed by atoms with E-state index in [1.807, 2.05) is 0 Å². The highest BCUT2D eigenvalue weighted by molar-refractivity contribution is 6.31. The SMILES string of the molecule is CCc1c(Cl)ccc(N[C@H](C)CC(=O)O)c1[N+](=O)[O-]. The fourth-order valence-corrected chi connectivity index (χ4v) is 2.14. The molecule has 0 radical (unpaired) electrons. The largest absolute Gasteiger partial charge is 0.481 e. The minimum absolute atomic E-state index is 0.0905. The second-order valence-electron chi connectivity index (χ2n) is 4.18. The van der Waals surface area contributed by atoms with Gasteiger partial charge in [-0.1, -0.05) is 18.5 Å². The number of benzene rings is 1. The lowest BCUT2D eigenvalue weighted by Crippen LogP contribution is -2.20. The molecule has 0 aliphatic heterocycles. The van der Waals surface area contributed by atoms with Crippen LogP contribution in [0.3, 0.4) is 0 Å². The standard InChI is InChI=1S/C12H15ClN2O4/c1-3-8-9(13)4-5-10(12(8)15(18)19)14-7(2)6-11(16)17/h4-5,7,14H,3,6H2,1-2H3,(H,16,17)/t7-/m1/s1. The fraction of sp³-hybridized carbons (Fsp3) is 0.417. The van der Waals surface area contributed by atoms with Gasteiger partial charge in [-0.05, 0) is 25.5 Å². The number of carboxylic acid groups (broad SMARTS) is 1. The number of aliphatic carboxylic acids is 1. The van der Waals surface area contributed by atoms with Gasteiger partial charge in [-0.2, -0.15) is 0 Å². The third-order valence-electron chi connectivity index (χ3n) is 2.64. The normalized spacial score (nSPS) is 11.9. The Hall–Kier alpha value is -1.82. The van der Waals surface area contributed by atoms with Crippen LogP contribution in [0.4, 0.5) is 11.4 Å². The molecule has 0 heterocycles. The summed E-state index contributed by atoms with van der Waals surface area (Å²) in [5.41, 5.74) is 0.645. The molecule has 0 spiro atoms. The molecular weight excluding hydrogens is 272 g/mol. The molecule has 1 aromatic rings. The number of carboxylic acids is 1. The molecule has 0 bridgehead atoms. The van der Waals surface area contributed by atoms with Gasteiger partial charge in [-0.3, -0.25) is 14.9 Å². The van der Waals surface area contributed by atoms with Crippen LogP contribution in [0.25, 0.3) is 0 Å². The van der Waals surface area contributed by atoms with Crippen molar-refractivity contribution in [1.82, 2.24) is 0 Å². The van der Waals surface area contributed by atoms with E-state index in [0.717, 1.165) is 0 Å². The molecule has 104 valence electrons. The van der Waals surface area contributed by atoms with Gasteiger partial charge in [0.25, 0.3) is 5.69 Å². The molecule has 0 unspecified atom stereocenters. The summed E-state index contributed by atoms with van der Waals surface area (Å²) >= 11 is 5.94. The molecule has 1 atom stereocenters. The first-order valence-corrected chi connectivity index (χ1v) is 6.18. The Morgan fingerprint density at radius 2 is 2.21 bits per heavy atom. The van der Waals surface area contributed by atoms with Crippen molar-refractivity contribution in [2.24, 2.45) is 0 Å². The van der Waals surface area contributed by atoms with E-state index in [-0.39, 0.29) is 12.1 Å². The zero-order valence-electron chi connectivity index (χ0n) is 10.6. The van der Waals surface area contributed by atoms with Gasteiger partial charge < -0.3 is 10.4 Å². The first-order chi connectivity index (χ1) is 8.86. The zero-order valence-corrected chi connectivity index (χ0v) is 11.4. The summed E-state index contributed by atoms with van der Waals surface area (Å²) in [7, 11) is 0. The topological polar surface area (TPSA) is 92.5 Å². The molecule has 19 heavy (non-hydrogen) atoms. The van der Waals surface area contributed by atoms with E-state index in [1.165, 1.54) is 6.07 Å². The molecule has 0 fully saturated rings. The molecule has 0 amide bonds. The average molecular weight is 287 g/mol.